The van der Waals surface area contributed by atoms with E-state index in [1.54, 1.807) is 0 Å². The number of ether oxygens (including phenoxy) is 1. The van der Waals surface area contributed by atoms with Crippen molar-refractivity contribution in [2.24, 2.45) is 5.73 Å². The van der Waals surface area contributed by atoms with E-state index in [9.17, 15) is 4.79 Å². The van der Waals surface area contributed by atoms with Crippen molar-refractivity contribution in [1.82, 2.24) is 15.1 Å². The predicted molar refractivity (Wildman–Crippen MR) is 78.5 cm³/mol. The number of nitrogens with two attached hydrogens (primary N) is 1. The fourth-order valence-corrected chi connectivity index (χ4v) is 2.16. The van der Waals surface area contributed by atoms with Gasteiger partial charge < -0.3 is 15.8 Å². The zero-order chi connectivity index (χ0) is 15.5. The summed E-state index contributed by atoms with van der Waals surface area (Å²) in [5.74, 6) is 0. The van der Waals surface area contributed by atoms with E-state index in [0.29, 0.717) is 6.54 Å². The lowest BCUT2D eigenvalue weighted by molar-refractivity contribution is 0.0524. The van der Waals surface area contributed by atoms with Gasteiger partial charge in [-0.25, -0.2) is 4.79 Å². The summed E-state index contributed by atoms with van der Waals surface area (Å²) in [5.41, 5.74) is 8.59. The van der Waals surface area contributed by atoms with Crippen molar-refractivity contribution >= 4 is 6.09 Å². The number of carbonyl (C=O) groups is 1. The summed E-state index contributed by atoms with van der Waals surface area (Å²) in [4.78, 5) is 11.6. The van der Waals surface area contributed by atoms with Crippen LogP contribution in [-0.4, -0.2) is 28.0 Å². The average molecular weight is 282 g/mol. The first kappa shape index (κ1) is 16.5. The van der Waals surface area contributed by atoms with E-state index in [2.05, 4.69) is 10.4 Å². The van der Waals surface area contributed by atoms with E-state index < -0.39 is 11.7 Å². The van der Waals surface area contributed by atoms with E-state index in [1.165, 1.54) is 0 Å². The van der Waals surface area contributed by atoms with Crippen LogP contribution in [0.2, 0.25) is 0 Å². The minimum atomic E-state index is -0.507. The molecule has 1 rings (SSSR count). The summed E-state index contributed by atoms with van der Waals surface area (Å²) in [5, 5.41) is 7.12. The third-order valence-electron chi connectivity index (χ3n) is 2.97. The van der Waals surface area contributed by atoms with Crippen LogP contribution in [0.1, 0.15) is 50.7 Å². The molecule has 0 spiro atoms. The summed E-state index contributed by atoms with van der Waals surface area (Å²) < 4.78 is 7.10. The third kappa shape index (κ3) is 4.23. The topological polar surface area (TPSA) is 82.2 Å². The van der Waals surface area contributed by atoms with Crippen molar-refractivity contribution in [2.45, 2.75) is 59.7 Å². The van der Waals surface area contributed by atoms with Crippen LogP contribution in [0.15, 0.2) is 0 Å². The normalized spacial score (nSPS) is 13.2. The number of nitrogens with zero attached hydrogens (tertiary/aromatic N) is 2. The van der Waals surface area contributed by atoms with Gasteiger partial charge in [-0.05, 0) is 41.5 Å². The molecule has 0 aliphatic heterocycles. The van der Waals surface area contributed by atoms with Crippen molar-refractivity contribution in [2.75, 3.05) is 6.54 Å². The van der Waals surface area contributed by atoms with Gasteiger partial charge in [0.05, 0.1) is 11.7 Å². The van der Waals surface area contributed by atoms with Crippen molar-refractivity contribution < 1.29 is 9.53 Å². The molecular formula is C14H26N4O2. The van der Waals surface area contributed by atoms with E-state index >= 15 is 0 Å². The standard InChI is InChI=1S/C14H26N4O2/c1-7-18-10(3)12(9(2)17-18)11(15)8-16-13(19)20-14(4,5)6/h11H,7-8,15H2,1-6H3,(H,16,19). The number of carbonyl (C=O) groups excluding carboxylic acids is 1. The van der Waals surface area contributed by atoms with Crippen LogP contribution in [0.3, 0.4) is 0 Å². The molecule has 0 bridgehead atoms. The highest BCUT2D eigenvalue weighted by atomic mass is 16.6. The van der Waals surface area contributed by atoms with Crippen LogP contribution in [0.25, 0.3) is 0 Å². The van der Waals surface area contributed by atoms with Gasteiger partial charge in [0, 0.05) is 24.3 Å². The highest BCUT2D eigenvalue weighted by Gasteiger charge is 2.20. The van der Waals surface area contributed by atoms with E-state index in [4.69, 9.17) is 10.5 Å². The Balaban J connectivity index is 2.66. The molecule has 1 aromatic heterocycles. The molecule has 1 heterocycles. The van der Waals surface area contributed by atoms with Crippen molar-refractivity contribution in [1.29, 1.82) is 0 Å². The number of hydrogen-bond acceptors (Lipinski definition) is 4. The molecule has 1 atom stereocenters. The first-order valence-corrected chi connectivity index (χ1v) is 6.92. The molecule has 1 aromatic rings. The zero-order valence-electron chi connectivity index (χ0n) is 13.3. The Kier molecular flexibility index (Phi) is 5.16. The maximum atomic E-state index is 11.6. The Hall–Kier alpha value is -1.56. The molecule has 114 valence electrons. The van der Waals surface area contributed by atoms with E-state index in [1.807, 2.05) is 46.2 Å². The molecular weight excluding hydrogens is 256 g/mol. The molecule has 3 N–H and O–H groups in total. The van der Waals surface area contributed by atoms with E-state index in [0.717, 1.165) is 23.5 Å². The molecule has 1 unspecified atom stereocenters. The molecule has 0 aromatic carbocycles. The van der Waals surface area contributed by atoms with Gasteiger partial charge in [0.1, 0.15) is 5.60 Å². The monoisotopic (exact) mass is 282 g/mol. The molecule has 6 heteroatoms. The van der Waals surface area contributed by atoms with Crippen LogP contribution in [-0.2, 0) is 11.3 Å². The first-order valence-electron chi connectivity index (χ1n) is 6.92. The summed E-state index contributed by atoms with van der Waals surface area (Å²) in [6, 6.07) is -0.289. The molecule has 0 aliphatic rings. The van der Waals surface area contributed by atoms with Gasteiger partial charge in [-0.2, -0.15) is 5.10 Å². The summed E-state index contributed by atoms with van der Waals surface area (Å²) in [7, 11) is 0. The van der Waals surface area contributed by atoms with Crippen LogP contribution in [0, 0.1) is 13.8 Å². The Morgan fingerprint density at radius 1 is 1.45 bits per heavy atom. The van der Waals surface area contributed by atoms with E-state index in [-0.39, 0.29) is 6.04 Å². The number of amides is 1. The summed E-state index contributed by atoms with van der Waals surface area (Å²) >= 11 is 0. The van der Waals surface area contributed by atoms with Crippen molar-refractivity contribution in [3.8, 4) is 0 Å². The first-order chi connectivity index (χ1) is 9.15. The van der Waals surface area contributed by atoms with Crippen molar-refractivity contribution in [3.63, 3.8) is 0 Å². The SMILES string of the molecule is CCn1nc(C)c(C(N)CNC(=O)OC(C)(C)C)c1C. The molecule has 0 saturated carbocycles. The lowest BCUT2D eigenvalue weighted by Gasteiger charge is -2.21. The Bertz CT molecular complexity index is 474. The fourth-order valence-electron chi connectivity index (χ4n) is 2.16. The van der Waals surface area contributed by atoms with Gasteiger partial charge in [0.25, 0.3) is 0 Å². The maximum absolute atomic E-state index is 11.6. The quantitative estimate of drug-likeness (QED) is 0.885. The molecule has 0 saturated heterocycles. The van der Waals surface area contributed by atoms with Gasteiger partial charge in [-0.1, -0.05) is 0 Å². The predicted octanol–water partition coefficient (Wildman–Crippen LogP) is 2.04. The third-order valence-corrected chi connectivity index (χ3v) is 2.97. The molecule has 0 radical (unpaired) electrons. The Morgan fingerprint density at radius 3 is 2.50 bits per heavy atom. The van der Waals surface area contributed by atoms with Crippen LogP contribution in [0.5, 0.6) is 0 Å². The highest BCUT2D eigenvalue weighted by Crippen LogP contribution is 2.19. The van der Waals surface area contributed by atoms with Gasteiger partial charge in [-0.3, -0.25) is 4.68 Å². The molecule has 0 fully saturated rings. The molecule has 20 heavy (non-hydrogen) atoms. The largest absolute Gasteiger partial charge is 0.444 e. The molecule has 6 nitrogen and oxygen atoms in total. The number of rotatable bonds is 4. The van der Waals surface area contributed by atoms with Gasteiger partial charge in [0.15, 0.2) is 0 Å². The maximum Gasteiger partial charge on any atom is 0.407 e. The number of hydrogen-bond donors (Lipinski definition) is 2. The van der Waals surface area contributed by atoms with Gasteiger partial charge in [0.2, 0.25) is 0 Å². The Labute approximate surface area is 120 Å². The van der Waals surface area contributed by atoms with Crippen LogP contribution in [0.4, 0.5) is 4.79 Å². The van der Waals surface area contributed by atoms with Crippen LogP contribution < -0.4 is 11.1 Å². The number of aryl methyl sites for hydroxylation is 2. The smallest absolute Gasteiger partial charge is 0.407 e. The molecule has 0 aliphatic carbocycles. The fraction of sp³-hybridized carbons (Fsp3) is 0.714. The summed E-state index contributed by atoms with van der Waals surface area (Å²) in [6.07, 6.45) is -0.453. The second kappa shape index (κ2) is 6.26. The second-order valence-corrected chi connectivity index (χ2v) is 5.89. The molecule has 1 amide bonds. The number of aromatic nitrogens is 2. The second-order valence-electron chi connectivity index (χ2n) is 5.89. The minimum absolute atomic E-state index is 0.289. The minimum Gasteiger partial charge on any atom is -0.444 e. The lowest BCUT2D eigenvalue weighted by Crippen LogP contribution is -2.36. The average Bonchev–Trinajstić information content (AvgIpc) is 2.59. The summed E-state index contributed by atoms with van der Waals surface area (Å²) in [6.45, 7) is 12.6. The lowest BCUT2D eigenvalue weighted by atomic mass is 10.1. The van der Waals surface area contributed by atoms with Gasteiger partial charge in [-0.15, -0.1) is 0 Å². The van der Waals surface area contributed by atoms with Crippen LogP contribution >= 0.6 is 0 Å². The highest BCUT2D eigenvalue weighted by molar-refractivity contribution is 5.67. The Morgan fingerprint density at radius 2 is 2.05 bits per heavy atom. The zero-order valence-corrected chi connectivity index (χ0v) is 13.3. The van der Waals surface area contributed by atoms with Gasteiger partial charge >= 0.3 is 6.09 Å². The van der Waals surface area contributed by atoms with Crippen molar-refractivity contribution in [3.05, 3.63) is 17.0 Å². The number of alkyl carbamates (subject to hydrolysis) is 1. The number of nitrogens with one attached hydrogen (secondary N) is 1.